The van der Waals surface area contributed by atoms with Gasteiger partial charge in [-0.3, -0.25) is 0 Å². The Labute approximate surface area is 146 Å². The fraction of sp³-hybridized carbons (Fsp3) is 0.429. The highest BCUT2D eigenvalue weighted by atomic mass is 17.0. The Bertz CT molecular complexity index is 693. The maximum Gasteiger partial charge on any atom is 0.412 e. The number of fused-ring (bicyclic) bond motifs is 8. The number of hydrogen-bond donors (Lipinski definition) is 0. The molecular formula is C21H20O4. The first kappa shape index (κ1) is 14.4. The topological polar surface area (TPSA) is 36.9 Å². The SMILES string of the molecule is c1ccc2c(c1)C1COC3(OCC21)OCC1c2ccccc2C1CO3. The van der Waals surface area contributed by atoms with Gasteiger partial charge in [-0.25, -0.2) is 0 Å². The van der Waals surface area contributed by atoms with Gasteiger partial charge in [0.2, 0.25) is 0 Å². The van der Waals surface area contributed by atoms with Crippen LogP contribution in [0.15, 0.2) is 48.5 Å². The van der Waals surface area contributed by atoms with Crippen LogP contribution in [-0.2, 0) is 18.9 Å². The molecule has 6 rings (SSSR count). The zero-order valence-corrected chi connectivity index (χ0v) is 13.9. The monoisotopic (exact) mass is 336 g/mol. The van der Waals surface area contributed by atoms with Gasteiger partial charge in [-0.15, -0.1) is 0 Å². The van der Waals surface area contributed by atoms with E-state index in [1.807, 2.05) is 0 Å². The van der Waals surface area contributed by atoms with Gasteiger partial charge < -0.3 is 18.9 Å². The van der Waals surface area contributed by atoms with Gasteiger partial charge in [-0.2, -0.15) is 0 Å². The highest BCUT2D eigenvalue weighted by molar-refractivity contribution is 5.46. The van der Waals surface area contributed by atoms with E-state index in [0.717, 1.165) is 0 Å². The first-order valence-electron chi connectivity index (χ1n) is 9.08. The summed E-state index contributed by atoms with van der Waals surface area (Å²) in [6, 6.07) is 17.1. The Morgan fingerprint density at radius 1 is 0.520 bits per heavy atom. The summed E-state index contributed by atoms with van der Waals surface area (Å²) >= 11 is 0. The second-order valence-electron chi connectivity index (χ2n) is 7.43. The van der Waals surface area contributed by atoms with Crippen LogP contribution in [0.5, 0.6) is 0 Å². The van der Waals surface area contributed by atoms with Crippen LogP contribution in [0.2, 0.25) is 0 Å². The molecule has 2 aliphatic carbocycles. The Hall–Kier alpha value is -1.72. The van der Waals surface area contributed by atoms with Gasteiger partial charge in [0, 0.05) is 23.7 Å². The first-order chi connectivity index (χ1) is 12.3. The molecule has 25 heavy (non-hydrogen) atoms. The van der Waals surface area contributed by atoms with Gasteiger partial charge in [-0.1, -0.05) is 48.5 Å². The fourth-order valence-electron chi connectivity index (χ4n) is 4.89. The maximum atomic E-state index is 6.06. The summed E-state index contributed by atoms with van der Waals surface area (Å²) in [5.74, 6) is 1.50. The van der Waals surface area contributed by atoms with Gasteiger partial charge in [0.05, 0.1) is 26.4 Å². The first-order valence-corrected chi connectivity index (χ1v) is 9.08. The van der Waals surface area contributed by atoms with E-state index in [-0.39, 0.29) is 0 Å². The van der Waals surface area contributed by atoms with Crippen LogP contribution in [0.4, 0.5) is 0 Å². The van der Waals surface area contributed by atoms with E-state index < -0.39 is 6.16 Å². The number of ether oxygens (including phenoxy) is 4. The number of hydrogen-bond acceptors (Lipinski definition) is 4. The lowest BCUT2D eigenvalue weighted by Gasteiger charge is -2.36. The lowest BCUT2D eigenvalue weighted by atomic mass is 9.69. The molecule has 4 atom stereocenters. The third-order valence-electron chi connectivity index (χ3n) is 6.32. The van der Waals surface area contributed by atoms with Gasteiger partial charge in [0.1, 0.15) is 0 Å². The third kappa shape index (κ3) is 1.97. The molecule has 2 fully saturated rings. The molecule has 2 aliphatic heterocycles. The molecular weight excluding hydrogens is 316 g/mol. The van der Waals surface area contributed by atoms with Crippen molar-refractivity contribution in [1.82, 2.24) is 0 Å². The molecule has 0 amide bonds. The molecule has 2 aromatic rings. The number of benzene rings is 2. The average molecular weight is 336 g/mol. The molecule has 4 nitrogen and oxygen atoms in total. The van der Waals surface area contributed by atoms with Gasteiger partial charge in [0.15, 0.2) is 0 Å². The second-order valence-corrected chi connectivity index (χ2v) is 7.43. The van der Waals surface area contributed by atoms with Crippen molar-refractivity contribution in [1.29, 1.82) is 0 Å². The molecule has 4 aliphatic rings. The van der Waals surface area contributed by atoms with E-state index in [1.54, 1.807) is 0 Å². The molecule has 0 saturated carbocycles. The second kappa shape index (κ2) is 5.15. The van der Waals surface area contributed by atoms with E-state index in [9.17, 15) is 0 Å². The Morgan fingerprint density at radius 3 is 1.08 bits per heavy atom. The maximum absolute atomic E-state index is 6.06. The molecule has 1 spiro atoms. The molecule has 0 aromatic heterocycles. The zero-order chi connectivity index (χ0) is 16.4. The van der Waals surface area contributed by atoms with Crippen molar-refractivity contribution in [2.24, 2.45) is 0 Å². The predicted molar refractivity (Wildman–Crippen MR) is 90.4 cm³/mol. The van der Waals surface area contributed by atoms with Crippen LogP contribution < -0.4 is 0 Å². The van der Waals surface area contributed by atoms with E-state index in [1.165, 1.54) is 22.3 Å². The van der Waals surface area contributed by atoms with Crippen LogP contribution in [0.1, 0.15) is 45.9 Å². The molecule has 2 saturated heterocycles. The third-order valence-corrected chi connectivity index (χ3v) is 6.32. The largest absolute Gasteiger partial charge is 0.412 e. The normalized spacial score (nSPS) is 38.1. The minimum atomic E-state index is -1.34. The van der Waals surface area contributed by atoms with E-state index in [2.05, 4.69) is 48.5 Å². The minimum absolute atomic E-state index is 0.375. The predicted octanol–water partition coefficient (Wildman–Crippen LogP) is 3.45. The van der Waals surface area contributed by atoms with E-state index >= 15 is 0 Å². The van der Waals surface area contributed by atoms with Crippen LogP contribution in [0.3, 0.4) is 0 Å². The minimum Gasteiger partial charge on any atom is -0.303 e. The Kier molecular flexibility index (Phi) is 2.97. The standard InChI is InChI=1S/C21H20O4/c1-2-6-14-13(5-1)17-9-22-21(23-10-18(14)17)24-11-19-15-7-3-4-8-16(15)20(19)12-25-21/h1-8,17-20H,9-12H2. The lowest BCUT2D eigenvalue weighted by Crippen LogP contribution is -2.41. The molecule has 2 aromatic carbocycles. The number of rotatable bonds is 0. The van der Waals surface area contributed by atoms with Crippen LogP contribution in [-0.4, -0.2) is 32.6 Å². The van der Waals surface area contributed by atoms with Crippen molar-refractivity contribution < 1.29 is 18.9 Å². The van der Waals surface area contributed by atoms with Gasteiger partial charge in [-0.05, 0) is 22.3 Å². The molecule has 0 radical (unpaired) electrons. The summed E-state index contributed by atoms with van der Waals surface area (Å²) < 4.78 is 24.2. The van der Waals surface area contributed by atoms with E-state index in [4.69, 9.17) is 18.9 Å². The average Bonchev–Trinajstić information content (AvgIpc) is 2.88. The Morgan fingerprint density at radius 2 is 0.800 bits per heavy atom. The summed E-state index contributed by atoms with van der Waals surface area (Å²) in [7, 11) is 0. The highest BCUT2D eigenvalue weighted by Gasteiger charge is 2.51. The Balaban J connectivity index is 1.23. The molecule has 128 valence electrons. The molecule has 0 N–H and O–H groups in total. The van der Waals surface area contributed by atoms with E-state index in [0.29, 0.717) is 50.1 Å². The van der Waals surface area contributed by atoms with Gasteiger partial charge >= 0.3 is 6.16 Å². The van der Waals surface area contributed by atoms with Crippen LogP contribution in [0.25, 0.3) is 0 Å². The van der Waals surface area contributed by atoms with Crippen molar-refractivity contribution in [2.45, 2.75) is 29.8 Å². The van der Waals surface area contributed by atoms with Crippen molar-refractivity contribution in [3.63, 3.8) is 0 Å². The van der Waals surface area contributed by atoms with Crippen molar-refractivity contribution in [3.05, 3.63) is 70.8 Å². The van der Waals surface area contributed by atoms with Crippen LogP contribution >= 0.6 is 0 Å². The molecule has 2 heterocycles. The summed E-state index contributed by atoms with van der Waals surface area (Å²) in [5.41, 5.74) is 5.48. The zero-order valence-electron chi connectivity index (χ0n) is 13.9. The highest BCUT2D eigenvalue weighted by Crippen LogP contribution is 2.52. The molecule has 0 bridgehead atoms. The molecule has 4 unspecified atom stereocenters. The molecule has 4 heteroatoms. The summed E-state index contributed by atoms with van der Waals surface area (Å²) in [6.45, 7) is 2.29. The fourth-order valence-corrected chi connectivity index (χ4v) is 4.89. The van der Waals surface area contributed by atoms with Crippen LogP contribution in [0, 0.1) is 0 Å². The van der Waals surface area contributed by atoms with Crippen molar-refractivity contribution in [3.8, 4) is 0 Å². The summed E-state index contributed by atoms with van der Waals surface area (Å²) in [6.07, 6.45) is -1.34. The summed E-state index contributed by atoms with van der Waals surface area (Å²) in [5, 5.41) is 0. The van der Waals surface area contributed by atoms with Crippen molar-refractivity contribution in [2.75, 3.05) is 26.4 Å². The van der Waals surface area contributed by atoms with Crippen molar-refractivity contribution >= 4 is 0 Å². The lowest BCUT2D eigenvalue weighted by molar-refractivity contribution is -0.490. The summed E-state index contributed by atoms with van der Waals surface area (Å²) in [4.78, 5) is 0. The smallest absolute Gasteiger partial charge is 0.303 e. The van der Waals surface area contributed by atoms with Gasteiger partial charge in [0.25, 0.3) is 0 Å². The quantitative estimate of drug-likeness (QED) is 0.738.